The minimum atomic E-state index is -0.541. The van der Waals surface area contributed by atoms with Crippen LogP contribution in [-0.4, -0.2) is 30.5 Å². The molecule has 122 valence electrons. The van der Waals surface area contributed by atoms with Crippen molar-refractivity contribution in [2.75, 3.05) is 18.6 Å². The number of aromatic nitrogens is 1. The van der Waals surface area contributed by atoms with Crippen molar-refractivity contribution >= 4 is 44.3 Å². The molecule has 0 atom stereocenters. The first kappa shape index (κ1) is 17.6. The fourth-order valence-corrected chi connectivity index (χ4v) is 3.12. The third-order valence-corrected chi connectivity index (χ3v) is 4.53. The van der Waals surface area contributed by atoms with Gasteiger partial charge in [0.15, 0.2) is 5.13 Å². The second-order valence-electron chi connectivity index (χ2n) is 4.82. The highest BCUT2D eigenvalue weighted by molar-refractivity contribution is 9.10. The van der Waals surface area contributed by atoms with Gasteiger partial charge in [0.2, 0.25) is 5.91 Å². The number of carbonyl (C=O) groups is 2. The molecule has 0 saturated carbocycles. The summed E-state index contributed by atoms with van der Waals surface area (Å²) in [5.74, 6) is -0.837. The van der Waals surface area contributed by atoms with E-state index in [0.717, 1.165) is 22.2 Å². The topological polar surface area (TPSA) is 59.5 Å². The molecule has 23 heavy (non-hydrogen) atoms. The van der Waals surface area contributed by atoms with Crippen LogP contribution in [0, 0.1) is 0 Å². The molecule has 0 unspecified atom stereocenters. The Kier molecular flexibility index (Phi) is 6.29. The summed E-state index contributed by atoms with van der Waals surface area (Å²) in [7, 11) is 1.27. The van der Waals surface area contributed by atoms with Crippen LogP contribution in [-0.2, 0) is 14.3 Å². The number of methoxy groups -OCH3 is 1. The fourth-order valence-electron chi connectivity index (χ4n) is 1.98. The normalized spacial score (nSPS) is 10.4. The highest BCUT2D eigenvalue weighted by atomic mass is 79.9. The molecule has 5 nitrogen and oxygen atoms in total. The Morgan fingerprint density at radius 1 is 1.30 bits per heavy atom. The first-order valence-corrected chi connectivity index (χ1v) is 8.81. The number of benzene rings is 1. The van der Waals surface area contributed by atoms with Gasteiger partial charge in [0.1, 0.15) is 6.42 Å². The van der Waals surface area contributed by atoms with E-state index in [0.29, 0.717) is 11.7 Å². The van der Waals surface area contributed by atoms with Crippen LogP contribution in [0.5, 0.6) is 0 Å². The lowest BCUT2D eigenvalue weighted by molar-refractivity contribution is -0.143. The van der Waals surface area contributed by atoms with Crippen LogP contribution in [0.3, 0.4) is 0 Å². The van der Waals surface area contributed by atoms with Crippen molar-refractivity contribution in [1.82, 2.24) is 4.98 Å². The minimum absolute atomic E-state index is 0.274. The summed E-state index contributed by atoms with van der Waals surface area (Å²) in [4.78, 5) is 29.7. The van der Waals surface area contributed by atoms with Crippen LogP contribution < -0.4 is 4.90 Å². The summed E-state index contributed by atoms with van der Waals surface area (Å²) in [5, 5.41) is 2.51. The zero-order valence-electron chi connectivity index (χ0n) is 12.9. The number of thiazole rings is 1. The SMILES string of the molecule is CCCN(C(=O)CC(=O)OC)c1nc(-c2ccc(Br)cc2)cs1. The molecule has 2 aromatic rings. The molecule has 0 spiro atoms. The summed E-state index contributed by atoms with van der Waals surface area (Å²) < 4.78 is 5.56. The predicted octanol–water partition coefficient (Wildman–Crippen LogP) is 3.88. The average molecular weight is 397 g/mol. The van der Waals surface area contributed by atoms with Crippen molar-refractivity contribution < 1.29 is 14.3 Å². The molecule has 0 aliphatic rings. The molecule has 0 saturated heterocycles. The maximum atomic E-state index is 12.3. The van der Waals surface area contributed by atoms with Crippen LogP contribution in [0.15, 0.2) is 34.1 Å². The van der Waals surface area contributed by atoms with Gasteiger partial charge in [0, 0.05) is 22.0 Å². The first-order valence-electron chi connectivity index (χ1n) is 7.13. The fraction of sp³-hybridized carbons (Fsp3) is 0.312. The van der Waals surface area contributed by atoms with Crippen LogP contribution in [0.2, 0.25) is 0 Å². The molecule has 1 aromatic carbocycles. The Morgan fingerprint density at radius 3 is 2.61 bits per heavy atom. The Morgan fingerprint density at radius 2 is 2.00 bits per heavy atom. The van der Waals surface area contributed by atoms with E-state index < -0.39 is 5.97 Å². The Hall–Kier alpha value is -1.73. The average Bonchev–Trinajstić information content (AvgIpc) is 3.02. The summed E-state index contributed by atoms with van der Waals surface area (Å²) in [5.41, 5.74) is 1.79. The summed E-state index contributed by atoms with van der Waals surface area (Å²) in [6.45, 7) is 2.49. The van der Waals surface area contributed by atoms with E-state index in [1.165, 1.54) is 18.4 Å². The number of anilines is 1. The molecule has 7 heteroatoms. The van der Waals surface area contributed by atoms with Crippen molar-refractivity contribution in [3.63, 3.8) is 0 Å². The molecule has 0 radical (unpaired) electrons. The van der Waals surface area contributed by atoms with E-state index in [4.69, 9.17) is 0 Å². The van der Waals surface area contributed by atoms with Gasteiger partial charge in [-0.25, -0.2) is 4.98 Å². The number of ether oxygens (including phenoxy) is 1. The third-order valence-electron chi connectivity index (χ3n) is 3.13. The lowest BCUT2D eigenvalue weighted by Crippen LogP contribution is -2.33. The van der Waals surface area contributed by atoms with Crippen LogP contribution in [0.1, 0.15) is 19.8 Å². The summed E-state index contributed by atoms with van der Waals surface area (Å²) >= 11 is 4.79. The number of nitrogens with zero attached hydrogens (tertiary/aromatic N) is 2. The van der Waals surface area contributed by atoms with Gasteiger partial charge in [-0.15, -0.1) is 11.3 Å². The molecule has 0 aliphatic carbocycles. The smallest absolute Gasteiger partial charge is 0.315 e. The zero-order chi connectivity index (χ0) is 16.8. The molecule has 0 N–H and O–H groups in total. The van der Waals surface area contributed by atoms with Gasteiger partial charge in [0.25, 0.3) is 0 Å². The number of esters is 1. The minimum Gasteiger partial charge on any atom is -0.469 e. The zero-order valence-corrected chi connectivity index (χ0v) is 15.3. The van der Waals surface area contributed by atoms with Crippen molar-refractivity contribution in [2.45, 2.75) is 19.8 Å². The van der Waals surface area contributed by atoms with E-state index in [-0.39, 0.29) is 12.3 Å². The number of carbonyl (C=O) groups excluding carboxylic acids is 2. The van der Waals surface area contributed by atoms with Crippen LogP contribution >= 0.6 is 27.3 Å². The molecule has 0 fully saturated rings. The number of hydrogen-bond donors (Lipinski definition) is 0. The molecular formula is C16H17BrN2O3S. The number of amides is 1. The van der Waals surface area contributed by atoms with E-state index in [1.54, 1.807) is 4.90 Å². The standard InChI is InChI=1S/C16H17BrN2O3S/c1-3-8-19(14(20)9-15(21)22-2)16-18-13(10-23-16)11-4-6-12(17)7-5-11/h4-7,10H,3,8-9H2,1-2H3. The number of hydrogen-bond acceptors (Lipinski definition) is 5. The van der Waals surface area contributed by atoms with Crippen molar-refractivity contribution in [3.05, 3.63) is 34.1 Å². The second kappa shape index (κ2) is 8.21. The van der Waals surface area contributed by atoms with Gasteiger partial charge in [-0.05, 0) is 18.6 Å². The Labute approximate surface area is 147 Å². The Balaban J connectivity index is 2.21. The van der Waals surface area contributed by atoms with E-state index in [2.05, 4.69) is 25.7 Å². The molecule has 1 aromatic heterocycles. The van der Waals surface area contributed by atoms with Gasteiger partial charge in [-0.3, -0.25) is 14.5 Å². The second-order valence-corrected chi connectivity index (χ2v) is 6.57. The van der Waals surface area contributed by atoms with Crippen molar-refractivity contribution in [3.8, 4) is 11.3 Å². The maximum absolute atomic E-state index is 12.3. The third kappa shape index (κ3) is 4.62. The maximum Gasteiger partial charge on any atom is 0.315 e. The summed E-state index contributed by atoms with van der Waals surface area (Å²) in [6.07, 6.45) is 0.504. The largest absolute Gasteiger partial charge is 0.469 e. The van der Waals surface area contributed by atoms with Crippen molar-refractivity contribution in [1.29, 1.82) is 0 Å². The number of rotatable bonds is 6. The van der Waals surface area contributed by atoms with Gasteiger partial charge >= 0.3 is 5.97 Å². The van der Waals surface area contributed by atoms with Crippen LogP contribution in [0.4, 0.5) is 5.13 Å². The number of halogens is 1. The quantitative estimate of drug-likeness (QED) is 0.548. The van der Waals surface area contributed by atoms with E-state index in [1.807, 2.05) is 36.6 Å². The van der Waals surface area contributed by atoms with Crippen molar-refractivity contribution in [2.24, 2.45) is 0 Å². The first-order chi connectivity index (χ1) is 11.0. The lowest BCUT2D eigenvalue weighted by Gasteiger charge is -2.18. The van der Waals surface area contributed by atoms with Gasteiger partial charge in [-0.2, -0.15) is 0 Å². The highest BCUT2D eigenvalue weighted by Gasteiger charge is 2.21. The van der Waals surface area contributed by atoms with Gasteiger partial charge in [-0.1, -0.05) is 35.0 Å². The molecule has 0 aliphatic heterocycles. The summed E-state index contributed by atoms with van der Waals surface area (Å²) in [6, 6.07) is 7.81. The Bertz CT molecular complexity index is 685. The lowest BCUT2D eigenvalue weighted by atomic mass is 10.2. The molecule has 1 heterocycles. The molecule has 2 rings (SSSR count). The monoisotopic (exact) mass is 396 g/mol. The highest BCUT2D eigenvalue weighted by Crippen LogP contribution is 2.28. The van der Waals surface area contributed by atoms with Gasteiger partial charge < -0.3 is 4.74 Å². The van der Waals surface area contributed by atoms with E-state index in [9.17, 15) is 9.59 Å². The molecule has 1 amide bonds. The van der Waals surface area contributed by atoms with Gasteiger partial charge in [0.05, 0.1) is 12.8 Å². The molecular weight excluding hydrogens is 380 g/mol. The van der Waals surface area contributed by atoms with E-state index >= 15 is 0 Å². The predicted molar refractivity (Wildman–Crippen MR) is 94.5 cm³/mol. The van der Waals surface area contributed by atoms with Crippen LogP contribution in [0.25, 0.3) is 11.3 Å². The molecule has 0 bridgehead atoms.